The summed E-state index contributed by atoms with van der Waals surface area (Å²) in [5.74, 6) is -0.0296. The topological polar surface area (TPSA) is 9.23 Å². The fourth-order valence-electron chi connectivity index (χ4n) is 2.40. The zero-order valence-corrected chi connectivity index (χ0v) is 11.3. The minimum Gasteiger partial charge on any atom is -0.494 e. The number of halogens is 1. The predicted octanol–water partition coefficient (Wildman–Crippen LogP) is 4.58. The predicted molar refractivity (Wildman–Crippen MR) is 79.7 cm³/mol. The molecule has 2 heteroatoms. The number of hydrogen-bond donors (Lipinski definition) is 0. The van der Waals surface area contributed by atoms with Gasteiger partial charge < -0.3 is 4.74 Å². The van der Waals surface area contributed by atoms with Crippen molar-refractivity contribution < 1.29 is 9.13 Å². The van der Waals surface area contributed by atoms with Gasteiger partial charge >= 0.3 is 0 Å². The van der Waals surface area contributed by atoms with Crippen molar-refractivity contribution in [1.82, 2.24) is 0 Å². The van der Waals surface area contributed by atoms with Gasteiger partial charge in [-0.25, -0.2) is 4.39 Å². The van der Waals surface area contributed by atoms with Gasteiger partial charge in [-0.15, -0.1) is 0 Å². The van der Waals surface area contributed by atoms with Gasteiger partial charge in [-0.2, -0.15) is 0 Å². The van der Waals surface area contributed by atoms with Gasteiger partial charge in [0.25, 0.3) is 0 Å². The summed E-state index contributed by atoms with van der Waals surface area (Å²) in [6.07, 6.45) is 0.714. The molecule has 0 saturated carbocycles. The minimum atomic E-state index is -0.314. The Hall–Kier alpha value is -2.35. The number of fused-ring (bicyclic) bond motifs is 1. The number of benzene rings is 3. The first-order valence-corrected chi connectivity index (χ1v) is 6.56. The van der Waals surface area contributed by atoms with Gasteiger partial charge in [0.05, 0.1) is 7.11 Å². The molecule has 0 aliphatic heterocycles. The van der Waals surface area contributed by atoms with Crippen LogP contribution in [0.2, 0.25) is 0 Å². The van der Waals surface area contributed by atoms with E-state index in [-0.39, 0.29) is 11.6 Å². The molecule has 3 aromatic carbocycles. The van der Waals surface area contributed by atoms with Crippen LogP contribution in [0.25, 0.3) is 10.8 Å². The lowest BCUT2D eigenvalue weighted by Gasteiger charge is -2.06. The Morgan fingerprint density at radius 1 is 0.850 bits per heavy atom. The summed E-state index contributed by atoms with van der Waals surface area (Å²) >= 11 is 0. The molecule has 3 aromatic rings. The van der Waals surface area contributed by atoms with Gasteiger partial charge in [0.2, 0.25) is 0 Å². The van der Waals surface area contributed by atoms with Crippen molar-refractivity contribution in [2.24, 2.45) is 0 Å². The quantitative estimate of drug-likeness (QED) is 0.674. The molecule has 0 unspecified atom stereocenters. The van der Waals surface area contributed by atoms with Crippen LogP contribution in [-0.4, -0.2) is 7.11 Å². The largest absolute Gasteiger partial charge is 0.494 e. The maximum atomic E-state index is 13.7. The van der Waals surface area contributed by atoms with E-state index in [1.165, 1.54) is 29.5 Å². The zero-order valence-electron chi connectivity index (χ0n) is 11.3. The third-order valence-corrected chi connectivity index (χ3v) is 3.44. The molecule has 0 saturated heterocycles. The fraction of sp³-hybridized carbons (Fsp3) is 0.111. The van der Waals surface area contributed by atoms with E-state index in [0.717, 1.165) is 5.56 Å². The van der Waals surface area contributed by atoms with E-state index in [0.29, 0.717) is 6.42 Å². The smallest absolute Gasteiger partial charge is 0.165 e. The van der Waals surface area contributed by atoms with E-state index in [4.69, 9.17) is 4.74 Å². The van der Waals surface area contributed by atoms with Crippen LogP contribution >= 0.6 is 0 Å². The van der Waals surface area contributed by atoms with Crippen LogP contribution in [0.3, 0.4) is 0 Å². The molecule has 0 aliphatic carbocycles. The van der Waals surface area contributed by atoms with Crippen molar-refractivity contribution in [1.29, 1.82) is 0 Å². The molecule has 0 amide bonds. The molecule has 3 rings (SSSR count). The number of ether oxygens (including phenoxy) is 1. The Bertz CT molecular complexity index is 749. The summed E-state index contributed by atoms with van der Waals surface area (Å²) in [6, 6.07) is 19.7. The molecular formula is C18H15FO. The Morgan fingerprint density at radius 3 is 2.30 bits per heavy atom. The standard InChI is InChI=1S/C18H15FO/c1-20-18-9-7-14(12-17(18)19)10-13-6-8-15-4-2-3-5-16(15)11-13/h2-9,11-12H,10H2,1H3. The average Bonchev–Trinajstić information content (AvgIpc) is 2.47. The first-order chi connectivity index (χ1) is 9.76. The molecule has 0 aromatic heterocycles. The van der Waals surface area contributed by atoms with Crippen LogP contribution in [0.5, 0.6) is 5.75 Å². The second kappa shape index (κ2) is 5.33. The van der Waals surface area contributed by atoms with E-state index in [1.807, 2.05) is 18.2 Å². The highest BCUT2D eigenvalue weighted by molar-refractivity contribution is 5.83. The van der Waals surface area contributed by atoms with Gasteiger partial charge in [-0.1, -0.05) is 48.5 Å². The van der Waals surface area contributed by atoms with E-state index in [9.17, 15) is 4.39 Å². The highest BCUT2D eigenvalue weighted by atomic mass is 19.1. The van der Waals surface area contributed by atoms with Crippen molar-refractivity contribution >= 4 is 10.8 Å². The lowest BCUT2D eigenvalue weighted by atomic mass is 10.0. The van der Waals surface area contributed by atoms with Crippen molar-refractivity contribution in [3.8, 4) is 5.75 Å². The van der Waals surface area contributed by atoms with Crippen LogP contribution in [0.4, 0.5) is 4.39 Å². The molecule has 0 spiro atoms. The molecular weight excluding hydrogens is 251 g/mol. The van der Waals surface area contributed by atoms with E-state index in [2.05, 4.69) is 30.3 Å². The number of methoxy groups -OCH3 is 1. The van der Waals surface area contributed by atoms with E-state index in [1.54, 1.807) is 6.07 Å². The summed E-state index contributed by atoms with van der Waals surface area (Å²) in [4.78, 5) is 0. The Balaban J connectivity index is 1.90. The third-order valence-electron chi connectivity index (χ3n) is 3.44. The van der Waals surface area contributed by atoms with Gasteiger partial charge in [0, 0.05) is 0 Å². The average molecular weight is 266 g/mol. The van der Waals surface area contributed by atoms with Gasteiger partial charge in [0.1, 0.15) is 0 Å². The zero-order chi connectivity index (χ0) is 13.9. The van der Waals surface area contributed by atoms with Crippen molar-refractivity contribution in [2.45, 2.75) is 6.42 Å². The van der Waals surface area contributed by atoms with Crippen molar-refractivity contribution in [3.05, 3.63) is 77.6 Å². The number of rotatable bonds is 3. The molecule has 0 aliphatic rings. The van der Waals surface area contributed by atoms with Crippen LogP contribution in [0.15, 0.2) is 60.7 Å². The van der Waals surface area contributed by atoms with Gasteiger partial charge in [-0.3, -0.25) is 0 Å². The first-order valence-electron chi connectivity index (χ1n) is 6.56. The van der Waals surface area contributed by atoms with E-state index >= 15 is 0 Å². The Morgan fingerprint density at radius 2 is 1.55 bits per heavy atom. The van der Waals surface area contributed by atoms with Crippen LogP contribution in [-0.2, 0) is 6.42 Å². The maximum Gasteiger partial charge on any atom is 0.165 e. The Labute approximate surface area is 117 Å². The SMILES string of the molecule is COc1ccc(Cc2ccc3ccccc3c2)cc1F. The number of hydrogen-bond acceptors (Lipinski definition) is 1. The maximum absolute atomic E-state index is 13.7. The normalized spacial score (nSPS) is 10.7. The Kier molecular flexibility index (Phi) is 3.38. The van der Waals surface area contributed by atoms with Gasteiger partial charge in [-0.05, 0) is 40.5 Å². The second-order valence-corrected chi connectivity index (χ2v) is 4.83. The molecule has 1 nitrogen and oxygen atoms in total. The summed E-state index contributed by atoms with van der Waals surface area (Å²) in [5, 5.41) is 2.43. The fourth-order valence-corrected chi connectivity index (χ4v) is 2.40. The lowest BCUT2D eigenvalue weighted by Crippen LogP contribution is -1.92. The van der Waals surface area contributed by atoms with Crippen LogP contribution < -0.4 is 4.74 Å². The van der Waals surface area contributed by atoms with Crippen LogP contribution in [0, 0.1) is 5.82 Å². The lowest BCUT2D eigenvalue weighted by molar-refractivity contribution is 0.386. The molecule has 20 heavy (non-hydrogen) atoms. The molecule has 0 N–H and O–H groups in total. The van der Waals surface area contributed by atoms with E-state index < -0.39 is 0 Å². The highest BCUT2D eigenvalue weighted by Gasteiger charge is 2.04. The highest BCUT2D eigenvalue weighted by Crippen LogP contribution is 2.21. The second-order valence-electron chi connectivity index (χ2n) is 4.83. The molecule has 0 radical (unpaired) electrons. The molecule has 0 fully saturated rings. The first kappa shape index (κ1) is 12.7. The molecule has 0 bridgehead atoms. The molecule has 0 heterocycles. The summed E-state index contributed by atoms with van der Waals surface area (Å²) in [7, 11) is 1.47. The summed E-state index contributed by atoms with van der Waals surface area (Å²) < 4.78 is 18.6. The summed E-state index contributed by atoms with van der Waals surface area (Å²) in [6.45, 7) is 0. The summed E-state index contributed by atoms with van der Waals surface area (Å²) in [5.41, 5.74) is 2.12. The van der Waals surface area contributed by atoms with Crippen molar-refractivity contribution in [3.63, 3.8) is 0 Å². The molecule has 100 valence electrons. The third kappa shape index (κ3) is 2.50. The van der Waals surface area contributed by atoms with Crippen molar-refractivity contribution in [2.75, 3.05) is 7.11 Å². The molecule has 0 atom stereocenters. The van der Waals surface area contributed by atoms with Gasteiger partial charge in [0.15, 0.2) is 11.6 Å². The minimum absolute atomic E-state index is 0.285. The monoisotopic (exact) mass is 266 g/mol. The van der Waals surface area contributed by atoms with Crippen LogP contribution in [0.1, 0.15) is 11.1 Å².